The molecule has 0 radical (unpaired) electrons. The molecule has 3 amide bonds. The average molecular weight is 503 g/mol. The van der Waals surface area contributed by atoms with Crippen molar-refractivity contribution in [3.05, 3.63) is 0 Å². The van der Waals surface area contributed by atoms with Crippen molar-refractivity contribution in [2.24, 2.45) is 0 Å². The molecule has 0 aromatic carbocycles. The highest BCUT2D eigenvalue weighted by atomic mass is 16.6. The fraction of sp³-hybridized carbons (Fsp3) is 0.880. The van der Waals surface area contributed by atoms with Gasteiger partial charge in [-0.25, -0.2) is 14.4 Å². The lowest BCUT2D eigenvalue weighted by atomic mass is 10.1. The Bertz CT molecular complexity index is 616. The Morgan fingerprint density at radius 2 is 1.17 bits per heavy atom. The third-order valence-corrected chi connectivity index (χ3v) is 4.85. The molecule has 4 N–H and O–H groups in total. The van der Waals surface area contributed by atoms with E-state index in [1.807, 2.05) is 55.4 Å². The van der Waals surface area contributed by atoms with E-state index in [9.17, 15) is 14.4 Å². The maximum Gasteiger partial charge on any atom is 0.407 e. The number of carbonyl (C=O) groups excluding carboxylic acids is 3. The maximum atomic E-state index is 11.9. The zero-order valence-corrected chi connectivity index (χ0v) is 23.2. The first-order valence-corrected chi connectivity index (χ1v) is 12.9. The predicted octanol–water partition coefficient (Wildman–Crippen LogP) is 4.47. The van der Waals surface area contributed by atoms with E-state index in [-0.39, 0.29) is 24.8 Å². The minimum atomic E-state index is -0.550. The lowest BCUT2D eigenvalue weighted by Gasteiger charge is -2.23. The molecule has 10 nitrogen and oxygen atoms in total. The van der Waals surface area contributed by atoms with Crippen LogP contribution in [0.5, 0.6) is 0 Å². The summed E-state index contributed by atoms with van der Waals surface area (Å²) < 4.78 is 15.7. The number of rotatable bonds is 15. The fourth-order valence-corrected chi connectivity index (χ4v) is 3.02. The molecule has 0 aliphatic heterocycles. The van der Waals surface area contributed by atoms with E-state index >= 15 is 0 Å². The molecule has 0 aromatic heterocycles. The van der Waals surface area contributed by atoms with Crippen molar-refractivity contribution in [3.63, 3.8) is 0 Å². The minimum Gasteiger partial charge on any atom is -0.449 e. The van der Waals surface area contributed by atoms with Gasteiger partial charge in [0.25, 0.3) is 0 Å². The Morgan fingerprint density at radius 1 is 0.686 bits per heavy atom. The Kier molecular flexibility index (Phi) is 16.1. The van der Waals surface area contributed by atoms with Crippen LogP contribution in [0.1, 0.15) is 93.9 Å². The Hall–Kier alpha value is -2.23. The molecule has 0 rings (SSSR count). The van der Waals surface area contributed by atoms with Crippen molar-refractivity contribution in [2.75, 3.05) is 26.2 Å². The number of carbonyl (C=O) groups is 3. The summed E-state index contributed by atoms with van der Waals surface area (Å²) in [6.07, 6.45) is 3.33. The standard InChI is InChI=1S/C25H50N4O6/c1-9-19(28-22(31)34-24(3,4)5)13-17-26-15-11-12-16-27-21(30)33-18-14-20(10-2)29-23(32)35-25(6,7)8/h19-20,26H,9-18H2,1-8H3,(H,27,30)(H,28,31)(H,29,32). The first-order valence-electron chi connectivity index (χ1n) is 12.9. The van der Waals surface area contributed by atoms with Crippen molar-refractivity contribution in [3.8, 4) is 0 Å². The van der Waals surface area contributed by atoms with Gasteiger partial charge in [-0.3, -0.25) is 0 Å². The smallest absolute Gasteiger partial charge is 0.407 e. The predicted molar refractivity (Wildman–Crippen MR) is 138 cm³/mol. The van der Waals surface area contributed by atoms with E-state index in [2.05, 4.69) is 21.3 Å². The summed E-state index contributed by atoms with van der Waals surface area (Å²) in [4.78, 5) is 35.6. The lowest BCUT2D eigenvalue weighted by molar-refractivity contribution is 0.0484. The number of alkyl carbamates (subject to hydrolysis) is 3. The van der Waals surface area contributed by atoms with E-state index in [0.717, 1.165) is 38.8 Å². The van der Waals surface area contributed by atoms with Gasteiger partial charge in [-0.1, -0.05) is 13.8 Å². The summed E-state index contributed by atoms with van der Waals surface area (Å²) in [5.74, 6) is 0. The van der Waals surface area contributed by atoms with E-state index in [1.165, 1.54) is 0 Å². The quantitative estimate of drug-likeness (QED) is 0.192. The van der Waals surface area contributed by atoms with Gasteiger partial charge >= 0.3 is 18.3 Å². The molecule has 35 heavy (non-hydrogen) atoms. The molecule has 0 bridgehead atoms. The van der Waals surface area contributed by atoms with Crippen molar-refractivity contribution in [2.45, 2.75) is 117 Å². The molecule has 0 spiro atoms. The van der Waals surface area contributed by atoms with E-state index in [0.29, 0.717) is 19.4 Å². The summed E-state index contributed by atoms with van der Waals surface area (Å²) in [5, 5.41) is 11.8. The number of hydrogen-bond acceptors (Lipinski definition) is 7. The minimum absolute atomic E-state index is 0.0698. The largest absolute Gasteiger partial charge is 0.449 e. The SMILES string of the molecule is CCC(CCNCCCCNC(=O)OCCC(CC)NC(=O)OC(C)(C)C)NC(=O)OC(C)(C)C. The summed E-state index contributed by atoms with van der Waals surface area (Å²) in [6, 6.07) is -0.0456. The van der Waals surface area contributed by atoms with Crippen LogP contribution < -0.4 is 21.3 Å². The number of ether oxygens (including phenoxy) is 3. The van der Waals surface area contributed by atoms with Gasteiger partial charge in [0.05, 0.1) is 6.61 Å². The number of nitrogens with one attached hydrogen (secondary N) is 4. The highest BCUT2D eigenvalue weighted by Crippen LogP contribution is 2.09. The molecule has 206 valence electrons. The van der Waals surface area contributed by atoms with Crippen LogP contribution in [-0.2, 0) is 14.2 Å². The molecular weight excluding hydrogens is 452 g/mol. The van der Waals surface area contributed by atoms with E-state index < -0.39 is 23.4 Å². The highest BCUT2D eigenvalue weighted by Gasteiger charge is 2.19. The van der Waals surface area contributed by atoms with Gasteiger partial charge in [-0.15, -0.1) is 0 Å². The molecule has 0 saturated carbocycles. The number of amides is 3. The van der Waals surface area contributed by atoms with Crippen molar-refractivity contribution >= 4 is 18.3 Å². The first-order chi connectivity index (χ1) is 16.3. The molecule has 2 atom stereocenters. The normalized spacial score (nSPS) is 13.4. The Morgan fingerprint density at radius 3 is 1.66 bits per heavy atom. The zero-order valence-electron chi connectivity index (χ0n) is 23.2. The van der Waals surface area contributed by atoms with Gasteiger partial charge < -0.3 is 35.5 Å². The van der Waals surface area contributed by atoms with E-state index in [1.54, 1.807) is 0 Å². The summed E-state index contributed by atoms with van der Waals surface area (Å²) >= 11 is 0. The summed E-state index contributed by atoms with van der Waals surface area (Å²) in [5.41, 5.74) is -1.05. The fourth-order valence-electron chi connectivity index (χ4n) is 3.02. The molecule has 0 aliphatic rings. The van der Waals surface area contributed by atoms with Crippen LogP contribution in [0.15, 0.2) is 0 Å². The number of hydrogen-bond donors (Lipinski definition) is 4. The van der Waals surface area contributed by atoms with Crippen molar-refractivity contribution in [1.82, 2.24) is 21.3 Å². The average Bonchev–Trinajstić information content (AvgIpc) is 2.71. The van der Waals surface area contributed by atoms with Gasteiger partial charge in [0.2, 0.25) is 0 Å². The summed E-state index contributed by atoms with van der Waals surface area (Å²) in [6.45, 7) is 17.3. The zero-order chi connectivity index (χ0) is 26.9. The molecule has 0 aromatic rings. The second-order valence-electron chi connectivity index (χ2n) is 10.6. The van der Waals surface area contributed by atoms with Crippen LogP contribution in [0.3, 0.4) is 0 Å². The molecule has 0 fully saturated rings. The van der Waals surface area contributed by atoms with Gasteiger partial charge in [0, 0.05) is 25.0 Å². The molecule has 0 heterocycles. The monoisotopic (exact) mass is 502 g/mol. The second-order valence-corrected chi connectivity index (χ2v) is 10.6. The van der Waals surface area contributed by atoms with Crippen LogP contribution in [0.4, 0.5) is 14.4 Å². The first kappa shape index (κ1) is 32.8. The third kappa shape index (κ3) is 20.8. The van der Waals surface area contributed by atoms with Gasteiger partial charge in [-0.2, -0.15) is 0 Å². The molecule has 10 heteroatoms. The van der Waals surface area contributed by atoms with Gasteiger partial charge in [-0.05, 0) is 86.7 Å². The van der Waals surface area contributed by atoms with Crippen LogP contribution in [-0.4, -0.2) is 67.8 Å². The molecule has 0 saturated heterocycles. The van der Waals surface area contributed by atoms with Crippen molar-refractivity contribution < 1.29 is 28.6 Å². The third-order valence-electron chi connectivity index (χ3n) is 4.85. The van der Waals surface area contributed by atoms with Crippen LogP contribution in [0.25, 0.3) is 0 Å². The highest BCUT2D eigenvalue weighted by molar-refractivity contribution is 5.68. The topological polar surface area (TPSA) is 127 Å². The molecular formula is C25H50N4O6. The molecule has 0 aliphatic carbocycles. The van der Waals surface area contributed by atoms with Gasteiger partial charge in [0.1, 0.15) is 11.2 Å². The molecule has 2 unspecified atom stereocenters. The van der Waals surface area contributed by atoms with E-state index in [4.69, 9.17) is 14.2 Å². The lowest BCUT2D eigenvalue weighted by Crippen LogP contribution is -2.40. The maximum absolute atomic E-state index is 11.9. The van der Waals surface area contributed by atoms with Crippen LogP contribution in [0, 0.1) is 0 Å². The Balaban J connectivity index is 3.82. The number of unbranched alkanes of at least 4 members (excludes halogenated alkanes) is 1. The van der Waals surface area contributed by atoms with Crippen LogP contribution in [0.2, 0.25) is 0 Å². The Labute approximate surface area is 212 Å². The van der Waals surface area contributed by atoms with Crippen molar-refractivity contribution in [1.29, 1.82) is 0 Å². The van der Waals surface area contributed by atoms with Crippen LogP contribution >= 0.6 is 0 Å². The second kappa shape index (κ2) is 17.2. The summed E-state index contributed by atoms with van der Waals surface area (Å²) in [7, 11) is 0. The van der Waals surface area contributed by atoms with Gasteiger partial charge in [0.15, 0.2) is 0 Å².